The van der Waals surface area contributed by atoms with Crippen molar-refractivity contribution in [2.24, 2.45) is 0 Å². The van der Waals surface area contributed by atoms with Gasteiger partial charge in [-0.15, -0.1) is 0 Å². The molecule has 26 heavy (non-hydrogen) atoms. The van der Waals surface area contributed by atoms with E-state index in [0.29, 0.717) is 0 Å². The molecule has 0 saturated carbocycles. The Morgan fingerprint density at radius 2 is 1.85 bits per heavy atom. The van der Waals surface area contributed by atoms with Crippen LogP contribution in [0.2, 0.25) is 0 Å². The van der Waals surface area contributed by atoms with Crippen LogP contribution in [0.4, 0.5) is 4.79 Å². The summed E-state index contributed by atoms with van der Waals surface area (Å²) in [5, 5.41) is 21.4. The second kappa shape index (κ2) is 7.81. The maximum atomic E-state index is 12.5. The van der Waals surface area contributed by atoms with Gasteiger partial charge >= 0.3 is 12.1 Å². The zero-order chi connectivity index (χ0) is 19.3. The Balaban J connectivity index is 2.14. The lowest BCUT2D eigenvalue weighted by Crippen LogP contribution is -2.46. The number of esters is 1. The molecule has 0 saturated heterocycles. The van der Waals surface area contributed by atoms with Gasteiger partial charge in [0.15, 0.2) is 11.6 Å². The van der Waals surface area contributed by atoms with Gasteiger partial charge < -0.3 is 25.0 Å². The Bertz CT molecular complexity index is 764. The number of carbonyl (C=O) groups excluding carboxylic acids is 2. The predicted octanol–water partition coefficient (Wildman–Crippen LogP) is 2.47. The first-order chi connectivity index (χ1) is 12.1. The first kappa shape index (κ1) is 19.2. The number of aromatic hydroxyl groups is 2. The van der Waals surface area contributed by atoms with Gasteiger partial charge in [0.2, 0.25) is 5.88 Å². The van der Waals surface area contributed by atoms with E-state index in [2.05, 4.69) is 10.3 Å². The molecule has 4 N–H and O–H groups in total. The van der Waals surface area contributed by atoms with Gasteiger partial charge in [0.25, 0.3) is 0 Å². The number of benzene rings is 1. The van der Waals surface area contributed by atoms with E-state index in [1.807, 2.05) is 6.07 Å². The van der Waals surface area contributed by atoms with Crippen LogP contribution in [0.15, 0.2) is 36.4 Å². The molecule has 0 bridgehead atoms. The number of ether oxygens (including phenoxy) is 2. The molecule has 2 aromatic rings. The van der Waals surface area contributed by atoms with Gasteiger partial charge in [-0.05, 0) is 26.3 Å². The molecule has 1 aromatic carbocycles. The van der Waals surface area contributed by atoms with Crippen LogP contribution in [0.1, 0.15) is 26.3 Å². The molecule has 0 spiro atoms. The Morgan fingerprint density at radius 3 is 2.38 bits per heavy atom. The van der Waals surface area contributed by atoms with Crippen molar-refractivity contribution in [2.45, 2.75) is 38.8 Å². The summed E-state index contributed by atoms with van der Waals surface area (Å²) in [5.74, 6) is -1.90. The third-order valence-electron chi connectivity index (χ3n) is 3.22. The number of H-pyrrole nitrogens is 1. The first-order valence-corrected chi connectivity index (χ1v) is 8.00. The normalized spacial score (nSPS) is 12.3. The van der Waals surface area contributed by atoms with Crippen LogP contribution in [0.3, 0.4) is 0 Å². The van der Waals surface area contributed by atoms with Crippen molar-refractivity contribution >= 4 is 12.1 Å². The number of amides is 1. The SMILES string of the molecule is CC(C)(C)OC(=O)N[C@@H](Cc1ccccc1)C(=O)Oc1cc(O)[nH]c1O. The molecule has 1 amide bonds. The lowest BCUT2D eigenvalue weighted by atomic mass is 10.1. The molecule has 0 radical (unpaired) electrons. The van der Waals surface area contributed by atoms with Crippen molar-refractivity contribution in [1.82, 2.24) is 10.3 Å². The highest BCUT2D eigenvalue weighted by atomic mass is 16.6. The van der Waals surface area contributed by atoms with Crippen LogP contribution in [-0.2, 0) is 16.0 Å². The smallest absolute Gasteiger partial charge is 0.408 e. The summed E-state index contributed by atoms with van der Waals surface area (Å²) in [4.78, 5) is 26.7. The largest absolute Gasteiger partial charge is 0.494 e. The van der Waals surface area contributed by atoms with Crippen LogP contribution >= 0.6 is 0 Å². The van der Waals surface area contributed by atoms with E-state index in [0.717, 1.165) is 11.6 Å². The quantitative estimate of drug-likeness (QED) is 0.606. The van der Waals surface area contributed by atoms with Gasteiger partial charge in [-0.25, -0.2) is 9.59 Å². The molecule has 8 heteroatoms. The first-order valence-electron chi connectivity index (χ1n) is 8.00. The summed E-state index contributed by atoms with van der Waals surface area (Å²) in [6.07, 6.45) is -0.604. The van der Waals surface area contributed by atoms with E-state index in [1.165, 1.54) is 0 Å². The second-order valence-electron chi connectivity index (χ2n) is 6.68. The van der Waals surface area contributed by atoms with Gasteiger partial charge in [0.1, 0.15) is 11.6 Å². The zero-order valence-corrected chi connectivity index (χ0v) is 14.8. The average molecular weight is 362 g/mol. The third-order valence-corrected chi connectivity index (χ3v) is 3.22. The highest BCUT2D eigenvalue weighted by Gasteiger charge is 2.27. The van der Waals surface area contributed by atoms with Crippen molar-refractivity contribution in [3.05, 3.63) is 42.0 Å². The second-order valence-corrected chi connectivity index (χ2v) is 6.68. The molecule has 0 aliphatic carbocycles. The van der Waals surface area contributed by atoms with E-state index < -0.39 is 29.6 Å². The van der Waals surface area contributed by atoms with E-state index >= 15 is 0 Å². The number of rotatable bonds is 5. The van der Waals surface area contributed by atoms with Crippen LogP contribution < -0.4 is 10.1 Å². The zero-order valence-electron chi connectivity index (χ0n) is 14.8. The lowest BCUT2D eigenvalue weighted by Gasteiger charge is -2.23. The minimum atomic E-state index is -1.05. The van der Waals surface area contributed by atoms with Crippen LogP contribution in [0.25, 0.3) is 0 Å². The van der Waals surface area contributed by atoms with Gasteiger partial charge in [0.05, 0.1) is 0 Å². The molecule has 1 aromatic heterocycles. The topological polar surface area (TPSA) is 121 Å². The van der Waals surface area contributed by atoms with Gasteiger partial charge in [0, 0.05) is 12.5 Å². The summed E-state index contributed by atoms with van der Waals surface area (Å²) >= 11 is 0. The molecule has 1 heterocycles. The molecule has 0 fully saturated rings. The molecule has 0 unspecified atom stereocenters. The lowest BCUT2D eigenvalue weighted by molar-refractivity contribution is -0.136. The maximum Gasteiger partial charge on any atom is 0.408 e. The predicted molar refractivity (Wildman–Crippen MR) is 93.1 cm³/mol. The molecule has 1 atom stereocenters. The molecule has 0 aliphatic heterocycles. The monoisotopic (exact) mass is 362 g/mol. The summed E-state index contributed by atoms with van der Waals surface area (Å²) in [5.41, 5.74) is 0.0716. The Morgan fingerprint density at radius 1 is 1.19 bits per heavy atom. The molecule has 140 valence electrons. The van der Waals surface area contributed by atoms with Crippen molar-refractivity contribution in [3.8, 4) is 17.5 Å². The van der Waals surface area contributed by atoms with Crippen molar-refractivity contribution < 1.29 is 29.3 Å². The standard InChI is InChI=1S/C18H22N2O6/c1-18(2,3)26-17(24)19-12(9-11-7-5-4-6-8-11)16(23)25-13-10-14(21)20-15(13)22/h4-8,10,12,20-22H,9H2,1-3H3,(H,19,24)/t12-/m0/s1. The minimum Gasteiger partial charge on any atom is -0.494 e. The van der Waals surface area contributed by atoms with E-state index in [-0.39, 0.29) is 18.1 Å². The Kier molecular flexibility index (Phi) is 5.76. The fourth-order valence-electron chi connectivity index (χ4n) is 2.16. The van der Waals surface area contributed by atoms with E-state index in [1.54, 1.807) is 45.0 Å². The summed E-state index contributed by atoms with van der Waals surface area (Å²) in [6.45, 7) is 5.12. The fraction of sp³-hybridized carbons (Fsp3) is 0.333. The summed E-state index contributed by atoms with van der Waals surface area (Å²) in [7, 11) is 0. The third kappa shape index (κ3) is 5.73. The number of hydrogen-bond acceptors (Lipinski definition) is 6. The number of carbonyl (C=O) groups is 2. The molecule has 2 rings (SSSR count). The van der Waals surface area contributed by atoms with Crippen molar-refractivity contribution in [2.75, 3.05) is 0 Å². The minimum absolute atomic E-state index is 0.163. The van der Waals surface area contributed by atoms with Crippen LogP contribution in [0, 0.1) is 0 Å². The Hall–Kier alpha value is -3.16. The van der Waals surface area contributed by atoms with E-state index in [9.17, 15) is 19.8 Å². The summed E-state index contributed by atoms with van der Waals surface area (Å²) < 4.78 is 10.3. The molecule has 0 aliphatic rings. The molecule has 8 nitrogen and oxygen atoms in total. The van der Waals surface area contributed by atoms with Crippen LogP contribution in [0.5, 0.6) is 17.5 Å². The van der Waals surface area contributed by atoms with Crippen molar-refractivity contribution in [1.29, 1.82) is 0 Å². The highest BCUT2D eigenvalue weighted by Crippen LogP contribution is 2.29. The van der Waals surface area contributed by atoms with Crippen LogP contribution in [-0.4, -0.2) is 38.9 Å². The fourth-order valence-corrected chi connectivity index (χ4v) is 2.16. The average Bonchev–Trinajstić information content (AvgIpc) is 2.83. The van der Waals surface area contributed by atoms with E-state index in [4.69, 9.17) is 9.47 Å². The number of aromatic amines is 1. The maximum absolute atomic E-state index is 12.5. The van der Waals surface area contributed by atoms with Crippen molar-refractivity contribution in [3.63, 3.8) is 0 Å². The number of alkyl carbamates (subject to hydrolysis) is 1. The Labute approximate surface area is 150 Å². The summed E-state index contributed by atoms with van der Waals surface area (Å²) in [6, 6.07) is 9.05. The number of hydrogen-bond donors (Lipinski definition) is 4. The molecular formula is C18H22N2O6. The van der Waals surface area contributed by atoms with Gasteiger partial charge in [-0.2, -0.15) is 0 Å². The van der Waals surface area contributed by atoms with Gasteiger partial charge in [-0.3, -0.25) is 4.98 Å². The van der Waals surface area contributed by atoms with Gasteiger partial charge in [-0.1, -0.05) is 30.3 Å². The highest BCUT2D eigenvalue weighted by molar-refractivity contribution is 5.83. The number of aromatic nitrogens is 1. The number of nitrogens with one attached hydrogen (secondary N) is 2. The molecular weight excluding hydrogens is 340 g/mol.